The molecule has 0 fully saturated rings. The van der Waals surface area contributed by atoms with Crippen LogP contribution in [0.3, 0.4) is 0 Å². The topological polar surface area (TPSA) is 339 Å². The monoisotopic (exact) mass is 1680 g/mol. The van der Waals surface area contributed by atoms with Gasteiger partial charge in [0.2, 0.25) is 11.8 Å². The number of unbranched alkanes of at least 4 members (excludes halogenated alkanes) is 34. The summed E-state index contributed by atoms with van der Waals surface area (Å²) in [5, 5.41) is 32.2. The number of hydrogen-bond donors (Lipinski definition) is 8. The van der Waals surface area contributed by atoms with E-state index in [1.165, 1.54) is 127 Å². The molecule has 0 bridgehead atoms. The summed E-state index contributed by atoms with van der Waals surface area (Å²) in [4.78, 5) is 103. The number of ether oxygens (including phenoxy) is 4. The number of rotatable bonds is 84. The van der Waals surface area contributed by atoms with Crippen LogP contribution in [0.25, 0.3) is 0 Å². The Morgan fingerprint density at radius 1 is 0.362 bits per heavy atom. The largest absolute Gasteiger partial charge is 0.472 e. The van der Waals surface area contributed by atoms with Crippen LogP contribution in [0.4, 0.5) is 0 Å². The van der Waals surface area contributed by atoms with E-state index in [2.05, 4.69) is 87.1 Å². The van der Waals surface area contributed by atoms with Crippen LogP contribution in [0.1, 0.15) is 396 Å². The van der Waals surface area contributed by atoms with Crippen molar-refractivity contribution in [3.63, 3.8) is 0 Å². The highest BCUT2D eigenvalue weighted by Crippen LogP contribution is 2.44. The third-order valence-corrected chi connectivity index (χ3v) is 22.4. The van der Waals surface area contributed by atoms with E-state index in [4.69, 9.17) is 37.0 Å². The van der Waals surface area contributed by atoms with Crippen LogP contribution in [-0.4, -0.2) is 158 Å². The van der Waals surface area contributed by atoms with Crippen LogP contribution in [0, 0.1) is 0 Å². The third-order valence-electron chi connectivity index (χ3n) is 20.4. The van der Waals surface area contributed by atoms with Gasteiger partial charge in [0.15, 0.2) is 0 Å². The van der Waals surface area contributed by atoms with Crippen LogP contribution in [0.5, 0.6) is 0 Å². The zero-order valence-corrected chi connectivity index (χ0v) is 74.9. The molecule has 116 heavy (non-hydrogen) atoms. The number of nitrogens with one attached hydrogen (secondary N) is 4. The summed E-state index contributed by atoms with van der Waals surface area (Å²) in [6, 6.07) is 3.91. The summed E-state index contributed by atoms with van der Waals surface area (Å²) < 4.78 is 71.9. The Balaban J connectivity index is 3.10. The molecule has 674 valence electrons. The summed E-state index contributed by atoms with van der Waals surface area (Å²) in [6.07, 6.45) is 53.5. The summed E-state index contributed by atoms with van der Waals surface area (Å²) in [5.41, 5.74) is -0.145. The van der Waals surface area contributed by atoms with Crippen molar-refractivity contribution in [3.05, 3.63) is 59.7 Å². The summed E-state index contributed by atoms with van der Waals surface area (Å²) in [5.74, 6) is -3.19. The maximum absolute atomic E-state index is 13.9. The van der Waals surface area contributed by atoms with Gasteiger partial charge in [-0.3, -0.25) is 46.9 Å². The first-order chi connectivity index (χ1) is 56.2. The fourth-order valence-corrected chi connectivity index (χ4v) is 14.9. The lowest BCUT2D eigenvalue weighted by Crippen LogP contribution is -2.43. The number of allylic oxidation sites excluding steroid dienone is 4. The van der Waals surface area contributed by atoms with E-state index in [1.807, 2.05) is 0 Å². The number of benzene rings is 1. The van der Waals surface area contributed by atoms with Gasteiger partial charge in [-0.15, -0.1) is 0 Å². The maximum atomic E-state index is 13.9. The quantitative estimate of drug-likeness (QED) is 0.0130. The molecule has 1 aromatic carbocycles. The molecule has 8 atom stereocenters. The molecule has 0 saturated carbocycles. The molecule has 0 aliphatic rings. The standard InChI is InChI=1S/C90H164N4O20P2/c1-7-13-19-25-29-33-37-43-49-57-81(113-87(99)61-51-45-39-35-31-27-21-15-9-3)71-85(97)93-77(73-107-67-63-79(95)55-47-41-23-17-11-5)75-111-115(103,104)109-69-65-91-89(101)83-59-53-54-60-84(83)90(102)92-66-70-110-116(105,106)112-76-78(74-108-68-64-80(96)56-48-42-24-18-12-6)94-86(98)72-82(58-50-44-38-34-30-26-20-14-8-2)114-88(100)62-52-46-40-36-32-28-22-16-10-4/h35-36,39-40,53-54,59-60,77-82,95-96H,7-34,37-38,41-52,55-58,61-76H2,1-6H3,(H,91,101)(H,92,102)(H,93,97)(H,94,98)(H,103,104)(H,105,106)/t77?,78?,79-,80-,81-,82-/m1/s1. The van der Waals surface area contributed by atoms with Crippen LogP contribution in [0.15, 0.2) is 48.6 Å². The Kier molecular flexibility index (Phi) is 72.5. The van der Waals surface area contributed by atoms with Crippen molar-refractivity contribution in [1.29, 1.82) is 0 Å². The molecule has 0 aliphatic carbocycles. The predicted molar refractivity (Wildman–Crippen MR) is 464 cm³/mol. The zero-order valence-electron chi connectivity index (χ0n) is 73.1. The second kappa shape index (κ2) is 76.7. The average Bonchev–Trinajstić information content (AvgIpc) is 0.839. The van der Waals surface area contributed by atoms with E-state index in [9.17, 15) is 57.9 Å². The molecule has 0 radical (unpaired) electrons. The molecule has 0 heterocycles. The van der Waals surface area contributed by atoms with Gasteiger partial charge in [0.1, 0.15) is 12.2 Å². The summed E-state index contributed by atoms with van der Waals surface area (Å²) in [7, 11) is -9.70. The molecular formula is C90H164N4O20P2. The minimum atomic E-state index is -4.85. The number of carbonyl (C=O) groups excluding carboxylic acids is 6. The van der Waals surface area contributed by atoms with Gasteiger partial charge in [-0.25, -0.2) is 9.13 Å². The number of aliphatic hydroxyl groups excluding tert-OH is 2. The Morgan fingerprint density at radius 3 is 0.983 bits per heavy atom. The number of phosphoric acid groups is 2. The number of aliphatic hydroxyl groups is 2. The van der Waals surface area contributed by atoms with Gasteiger partial charge in [0, 0.05) is 39.1 Å². The van der Waals surface area contributed by atoms with Gasteiger partial charge in [-0.05, 0) is 115 Å². The van der Waals surface area contributed by atoms with E-state index in [-0.39, 0.29) is 88.3 Å². The normalized spacial score (nSPS) is 14.4. The minimum absolute atomic E-state index is 0.0723. The molecule has 1 rings (SSSR count). The molecule has 0 spiro atoms. The summed E-state index contributed by atoms with van der Waals surface area (Å²) in [6.45, 7) is 10.3. The number of esters is 2. The third kappa shape index (κ3) is 67.3. The van der Waals surface area contributed by atoms with E-state index in [0.29, 0.717) is 51.4 Å². The average molecular weight is 1680 g/mol. The lowest BCUT2D eigenvalue weighted by Gasteiger charge is -2.23. The number of hydrogen-bond acceptors (Lipinski definition) is 18. The Bertz CT molecular complexity index is 2570. The van der Waals surface area contributed by atoms with Crippen LogP contribution >= 0.6 is 15.6 Å². The molecule has 24 nitrogen and oxygen atoms in total. The second-order valence-corrected chi connectivity index (χ2v) is 34.4. The fourth-order valence-electron chi connectivity index (χ4n) is 13.4. The number of amides is 4. The van der Waals surface area contributed by atoms with Gasteiger partial charge >= 0.3 is 27.6 Å². The minimum Gasteiger partial charge on any atom is -0.462 e. The van der Waals surface area contributed by atoms with Crippen LogP contribution in [0.2, 0.25) is 0 Å². The highest BCUT2D eigenvalue weighted by Gasteiger charge is 2.29. The van der Waals surface area contributed by atoms with Crippen molar-refractivity contribution < 1.29 is 94.9 Å². The SMILES string of the molecule is CCCCCCC=CCCCC(=O)O[C@H](CCCCCCCCCCC)CC(=O)NC(COCC[C@H](O)CCCCCCC)COP(=O)(O)OCCNC(=O)c1ccccc1C(=O)NCCOP(=O)(O)OCC(COCC[C@H](O)CCCCCCC)NC(=O)C[C@@H](CCCCCCCCCCC)OC(=O)CCCC=CCCCCCC. The van der Waals surface area contributed by atoms with Crippen molar-refractivity contribution in [1.82, 2.24) is 21.3 Å². The molecule has 8 N–H and O–H groups in total. The lowest BCUT2D eigenvalue weighted by atomic mass is 10.0. The lowest BCUT2D eigenvalue weighted by molar-refractivity contribution is -0.152. The molecule has 0 aliphatic heterocycles. The van der Waals surface area contributed by atoms with Gasteiger partial charge in [0.25, 0.3) is 11.8 Å². The van der Waals surface area contributed by atoms with Crippen molar-refractivity contribution in [2.24, 2.45) is 0 Å². The Hall–Kier alpha value is -4.42. The van der Waals surface area contributed by atoms with E-state index in [0.717, 1.165) is 154 Å². The van der Waals surface area contributed by atoms with Crippen LogP contribution < -0.4 is 21.3 Å². The fraction of sp³-hybridized carbons (Fsp3) is 0.822. The highest BCUT2D eigenvalue weighted by atomic mass is 31.2. The van der Waals surface area contributed by atoms with Gasteiger partial charge in [-0.1, -0.05) is 283 Å². The van der Waals surface area contributed by atoms with E-state index >= 15 is 0 Å². The molecule has 0 aromatic heterocycles. The number of phosphoric ester groups is 2. The second-order valence-electron chi connectivity index (χ2n) is 31.5. The first-order valence-electron chi connectivity index (χ1n) is 45.9. The van der Waals surface area contributed by atoms with Crippen molar-refractivity contribution in [2.75, 3.05) is 65.9 Å². The summed E-state index contributed by atoms with van der Waals surface area (Å²) >= 11 is 0. The molecule has 4 amide bonds. The zero-order chi connectivity index (χ0) is 85.1. The molecule has 0 saturated heterocycles. The molecule has 26 heteroatoms. The van der Waals surface area contributed by atoms with Crippen molar-refractivity contribution >= 4 is 51.2 Å². The van der Waals surface area contributed by atoms with E-state index in [1.54, 1.807) is 0 Å². The first-order valence-corrected chi connectivity index (χ1v) is 48.9. The first kappa shape index (κ1) is 110. The van der Waals surface area contributed by atoms with Crippen molar-refractivity contribution in [2.45, 2.75) is 412 Å². The van der Waals surface area contributed by atoms with Gasteiger partial charge in [0.05, 0.1) is 87.9 Å². The molecule has 1 aromatic rings. The maximum Gasteiger partial charge on any atom is 0.472 e. The Morgan fingerprint density at radius 2 is 0.655 bits per heavy atom. The molecular weight excluding hydrogens is 1520 g/mol. The number of carbonyl (C=O) groups is 6. The van der Waals surface area contributed by atoms with Crippen molar-refractivity contribution in [3.8, 4) is 0 Å². The van der Waals surface area contributed by atoms with Crippen LogP contribution in [-0.2, 0) is 65.4 Å². The van der Waals surface area contributed by atoms with Gasteiger partial charge < -0.3 is 60.2 Å². The molecule has 4 unspecified atom stereocenters. The smallest absolute Gasteiger partial charge is 0.462 e. The predicted octanol–water partition coefficient (Wildman–Crippen LogP) is 20.5. The highest BCUT2D eigenvalue weighted by molar-refractivity contribution is 7.47. The van der Waals surface area contributed by atoms with Gasteiger partial charge in [-0.2, -0.15) is 0 Å². The Labute approximate surface area is 701 Å². The van der Waals surface area contributed by atoms with E-state index < -0.39 is 102 Å².